The fourth-order valence-electron chi connectivity index (χ4n) is 0.765. The number of alkyl halides is 1. The number of hydrogen-bond donors (Lipinski definition) is 1. The van der Waals surface area contributed by atoms with Crippen LogP contribution in [0, 0.1) is 17.5 Å². The van der Waals surface area contributed by atoms with Crippen LogP contribution in [0.1, 0.15) is 11.9 Å². The van der Waals surface area contributed by atoms with Gasteiger partial charge in [0, 0.05) is 0 Å². The van der Waals surface area contributed by atoms with E-state index >= 15 is 0 Å². The summed E-state index contributed by atoms with van der Waals surface area (Å²) in [6, 6.07) is 0.382. The zero-order valence-corrected chi connectivity index (χ0v) is 7.58. The van der Waals surface area contributed by atoms with E-state index in [1.807, 2.05) is 0 Å². The Morgan fingerprint density at radius 2 is 1.77 bits per heavy atom. The van der Waals surface area contributed by atoms with Gasteiger partial charge in [-0.3, -0.25) is 0 Å². The number of hydrogen-bond acceptors (Lipinski definition) is 1. The number of halogens is 5. The van der Waals surface area contributed by atoms with Crippen molar-refractivity contribution in [2.24, 2.45) is 0 Å². The normalized spacial score (nSPS) is 13.1. The first kappa shape index (κ1) is 10.5. The van der Waals surface area contributed by atoms with Gasteiger partial charge in [-0.25, -0.2) is 17.6 Å². The van der Waals surface area contributed by atoms with Gasteiger partial charge in [-0.05, 0) is 22.0 Å². The minimum Gasteiger partial charge on any atom is -0.360 e. The quantitative estimate of drug-likeness (QED) is 0.467. The average molecular weight is 259 g/mol. The van der Waals surface area contributed by atoms with Gasteiger partial charge < -0.3 is 5.11 Å². The lowest BCUT2D eigenvalue weighted by Crippen LogP contribution is -2.00. The highest BCUT2D eigenvalue weighted by molar-refractivity contribution is 9.10. The highest BCUT2D eigenvalue weighted by Gasteiger charge is 2.21. The third-order valence-corrected chi connectivity index (χ3v) is 2.11. The van der Waals surface area contributed by atoms with Crippen LogP contribution in [0.3, 0.4) is 0 Å². The van der Waals surface area contributed by atoms with Crippen LogP contribution < -0.4 is 0 Å². The van der Waals surface area contributed by atoms with E-state index in [0.717, 1.165) is 0 Å². The molecule has 1 atom stereocenters. The lowest BCUT2D eigenvalue weighted by Gasteiger charge is -2.05. The van der Waals surface area contributed by atoms with Crippen LogP contribution in [0.5, 0.6) is 0 Å². The minimum atomic E-state index is -2.74. The second-order valence-electron chi connectivity index (χ2n) is 2.23. The van der Waals surface area contributed by atoms with Crippen molar-refractivity contribution in [2.75, 3.05) is 0 Å². The van der Waals surface area contributed by atoms with Crippen molar-refractivity contribution in [3.05, 3.63) is 33.6 Å². The predicted molar refractivity (Wildman–Crippen MR) is 40.1 cm³/mol. The van der Waals surface area contributed by atoms with Crippen LogP contribution in [-0.4, -0.2) is 5.11 Å². The molecule has 0 fully saturated rings. The molecule has 0 heterocycles. The van der Waals surface area contributed by atoms with E-state index < -0.39 is 33.8 Å². The van der Waals surface area contributed by atoms with Crippen molar-refractivity contribution in [3.8, 4) is 0 Å². The van der Waals surface area contributed by atoms with Gasteiger partial charge in [-0.1, -0.05) is 0 Å². The van der Waals surface area contributed by atoms with Gasteiger partial charge in [-0.15, -0.1) is 0 Å². The third kappa shape index (κ3) is 1.83. The molecule has 0 spiro atoms. The second kappa shape index (κ2) is 3.63. The lowest BCUT2D eigenvalue weighted by atomic mass is 10.2. The molecule has 72 valence electrons. The molecule has 13 heavy (non-hydrogen) atoms. The summed E-state index contributed by atoms with van der Waals surface area (Å²) in [5, 5.41) is 8.29. The van der Waals surface area contributed by atoms with E-state index in [2.05, 4.69) is 15.9 Å². The maximum atomic E-state index is 12.7. The van der Waals surface area contributed by atoms with Gasteiger partial charge in [0.2, 0.25) is 6.36 Å². The second-order valence-corrected chi connectivity index (χ2v) is 3.02. The molecular formula is C7H3BrF4O. The summed E-state index contributed by atoms with van der Waals surface area (Å²) in [5.41, 5.74) is -1.06. The van der Waals surface area contributed by atoms with Crippen LogP contribution in [-0.2, 0) is 0 Å². The van der Waals surface area contributed by atoms with Gasteiger partial charge in [0.15, 0.2) is 11.6 Å². The Labute approximate surface area is 79.1 Å². The van der Waals surface area contributed by atoms with E-state index in [0.29, 0.717) is 6.07 Å². The summed E-state index contributed by atoms with van der Waals surface area (Å²) in [5.74, 6) is -4.35. The largest absolute Gasteiger partial charge is 0.360 e. The molecule has 0 aromatic heterocycles. The summed E-state index contributed by atoms with van der Waals surface area (Å²) in [6.07, 6.45) is -2.74. The van der Waals surface area contributed by atoms with E-state index in [1.165, 1.54) is 0 Å². The summed E-state index contributed by atoms with van der Waals surface area (Å²) >= 11 is 2.42. The minimum absolute atomic E-state index is 0.382. The lowest BCUT2D eigenvalue weighted by molar-refractivity contribution is 0.0368. The van der Waals surface area contributed by atoms with E-state index in [1.54, 1.807) is 0 Å². The maximum Gasteiger partial charge on any atom is 0.225 e. The number of rotatable bonds is 1. The maximum absolute atomic E-state index is 12.7. The Bertz CT molecular complexity index is 340. The molecule has 0 saturated heterocycles. The molecule has 0 amide bonds. The molecule has 0 aliphatic rings. The first-order valence-corrected chi connectivity index (χ1v) is 3.89. The van der Waals surface area contributed by atoms with Crippen molar-refractivity contribution >= 4 is 15.9 Å². The molecule has 1 nitrogen and oxygen atoms in total. The molecule has 6 heteroatoms. The van der Waals surface area contributed by atoms with E-state index in [9.17, 15) is 17.6 Å². The standard InChI is InChI=1S/C7H3BrF4O/c8-4-3(9)1-2(7(12)13)5(10)6(4)11/h1,7,13H. The fourth-order valence-corrected chi connectivity index (χ4v) is 1.05. The Hall–Kier alpha value is -0.620. The molecule has 0 bridgehead atoms. The van der Waals surface area contributed by atoms with Crippen molar-refractivity contribution < 1.29 is 22.7 Å². The first-order valence-electron chi connectivity index (χ1n) is 3.10. The molecule has 1 aromatic rings. The smallest absolute Gasteiger partial charge is 0.225 e. The van der Waals surface area contributed by atoms with Crippen LogP contribution in [0.15, 0.2) is 10.5 Å². The Balaban J connectivity index is 3.41. The molecule has 0 aliphatic carbocycles. The zero-order valence-electron chi connectivity index (χ0n) is 5.99. The summed E-state index contributed by atoms with van der Waals surface area (Å²) in [7, 11) is 0. The Kier molecular flexibility index (Phi) is 2.92. The average Bonchev–Trinajstić information content (AvgIpc) is 2.07. The van der Waals surface area contributed by atoms with Crippen molar-refractivity contribution in [3.63, 3.8) is 0 Å². The molecule has 1 aromatic carbocycles. The van der Waals surface area contributed by atoms with Crippen LogP contribution >= 0.6 is 15.9 Å². The molecule has 0 aliphatic heterocycles. The Morgan fingerprint density at radius 3 is 2.23 bits per heavy atom. The van der Waals surface area contributed by atoms with Crippen LogP contribution in [0.2, 0.25) is 0 Å². The fraction of sp³-hybridized carbons (Fsp3) is 0.143. The number of aliphatic hydroxyl groups excluding tert-OH is 1. The van der Waals surface area contributed by atoms with Crippen LogP contribution in [0.4, 0.5) is 17.6 Å². The summed E-state index contributed by atoms with van der Waals surface area (Å²) in [6.45, 7) is 0. The predicted octanol–water partition coefficient (Wildman–Crippen LogP) is 2.83. The molecule has 0 saturated carbocycles. The molecule has 1 rings (SSSR count). The molecular weight excluding hydrogens is 256 g/mol. The highest BCUT2D eigenvalue weighted by Crippen LogP contribution is 2.28. The van der Waals surface area contributed by atoms with Gasteiger partial charge in [0.25, 0.3) is 0 Å². The first-order chi connectivity index (χ1) is 5.95. The van der Waals surface area contributed by atoms with Gasteiger partial charge in [0.1, 0.15) is 5.82 Å². The van der Waals surface area contributed by atoms with Gasteiger partial charge in [0.05, 0.1) is 10.0 Å². The monoisotopic (exact) mass is 258 g/mol. The van der Waals surface area contributed by atoms with Gasteiger partial charge >= 0.3 is 0 Å². The van der Waals surface area contributed by atoms with Crippen molar-refractivity contribution in [1.82, 2.24) is 0 Å². The van der Waals surface area contributed by atoms with Gasteiger partial charge in [-0.2, -0.15) is 0 Å². The van der Waals surface area contributed by atoms with Crippen molar-refractivity contribution in [1.29, 1.82) is 0 Å². The van der Waals surface area contributed by atoms with E-state index in [4.69, 9.17) is 5.11 Å². The third-order valence-electron chi connectivity index (χ3n) is 1.39. The number of benzene rings is 1. The highest BCUT2D eigenvalue weighted by atomic mass is 79.9. The summed E-state index contributed by atoms with van der Waals surface area (Å²) in [4.78, 5) is 0. The zero-order chi connectivity index (χ0) is 10.2. The summed E-state index contributed by atoms with van der Waals surface area (Å²) < 4.78 is 49.5. The van der Waals surface area contributed by atoms with Crippen molar-refractivity contribution in [2.45, 2.75) is 6.36 Å². The molecule has 1 N–H and O–H groups in total. The number of aliphatic hydroxyl groups is 1. The molecule has 0 radical (unpaired) electrons. The van der Waals surface area contributed by atoms with Crippen LogP contribution in [0.25, 0.3) is 0 Å². The molecule has 1 unspecified atom stereocenters. The topological polar surface area (TPSA) is 20.2 Å². The SMILES string of the molecule is OC(F)c1cc(F)c(Br)c(F)c1F. The van der Waals surface area contributed by atoms with E-state index in [-0.39, 0.29) is 0 Å². The Morgan fingerprint density at radius 1 is 1.23 bits per heavy atom.